The Kier molecular flexibility index (Phi) is 1.20. The van der Waals surface area contributed by atoms with Crippen LogP contribution in [0.2, 0.25) is 0 Å². The van der Waals surface area contributed by atoms with Crippen LogP contribution in [0.4, 0.5) is 0 Å². The maximum absolute atomic E-state index is 7.09. The summed E-state index contributed by atoms with van der Waals surface area (Å²) in [5, 5.41) is 0. The van der Waals surface area contributed by atoms with E-state index in [1.165, 1.54) is 0 Å². The van der Waals surface area contributed by atoms with Crippen LogP contribution >= 0.6 is 0 Å². The Morgan fingerprint density at radius 1 is 1.75 bits per heavy atom. The first-order valence-corrected chi connectivity index (χ1v) is 2.61. The summed E-state index contributed by atoms with van der Waals surface area (Å²) in [7, 11) is 0. The van der Waals surface area contributed by atoms with Gasteiger partial charge in [0.15, 0.2) is 0 Å². The van der Waals surface area contributed by atoms with Crippen LogP contribution in [0.15, 0.2) is 18.4 Å². The van der Waals surface area contributed by atoms with Crippen molar-refractivity contribution in [2.75, 3.05) is 0 Å². The van der Waals surface area contributed by atoms with E-state index in [0.29, 0.717) is 6.17 Å². The number of hydrogen-bond donors (Lipinski definition) is 0. The molecule has 1 aromatic rings. The summed E-state index contributed by atoms with van der Waals surface area (Å²) in [6.07, 6.45) is 2.70. The lowest BCUT2D eigenvalue weighted by Gasteiger charge is -1.87. The van der Waals surface area contributed by atoms with Gasteiger partial charge in [-0.2, -0.15) is 0 Å². The highest BCUT2D eigenvalue weighted by Gasteiger charge is 1.83. The molecule has 0 aliphatic rings. The minimum atomic E-state index is 0.293. The van der Waals surface area contributed by atoms with Crippen LogP contribution < -0.4 is 0 Å². The SMILES string of the molecule is [2H]c1ccnc(CC)n1. The van der Waals surface area contributed by atoms with Gasteiger partial charge in [0.2, 0.25) is 0 Å². The second kappa shape index (κ2) is 2.40. The molecule has 0 saturated carbocycles. The van der Waals surface area contributed by atoms with Crippen molar-refractivity contribution in [3.8, 4) is 0 Å². The minimum absolute atomic E-state index is 0.293. The maximum Gasteiger partial charge on any atom is 0.127 e. The molecule has 0 spiro atoms. The van der Waals surface area contributed by atoms with Gasteiger partial charge in [0.1, 0.15) is 5.82 Å². The normalized spacial score (nSPS) is 10.9. The number of aryl methyl sites for hydroxylation is 1. The van der Waals surface area contributed by atoms with E-state index in [4.69, 9.17) is 1.37 Å². The molecule has 0 bridgehead atoms. The highest BCUT2D eigenvalue weighted by molar-refractivity contribution is 4.86. The molecule has 0 aliphatic heterocycles. The van der Waals surface area contributed by atoms with Gasteiger partial charge in [-0.1, -0.05) is 6.92 Å². The fourth-order valence-electron chi connectivity index (χ4n) is 0.468. The standard InChI is InChI=1S/C6H8N2/c1-2-6-7-4-3-5-8-6/h3-5H,2H2,1H3/i4D. The maximum atomic E-state index is 7.09. The molecule has 0 N–H and O–H groups in total. The van der Waals surface area contributed by atoms with Crippen LogP contribution in [0.5, 0.6) is 0 Å². The average Bonchev–Trinajstić information content (AvgIpc) is 1.88. The molecule has 0 saturated heterocycles. The summed E-state index contributed by atoms with van der Waals surface area (Å²) in [4.78, 5) is 7.77. The first-order valence-electron chi connectivity index (χ1n) is 3.11. The van der Waals surface area contributed by atoms with E-state index in [2.05, 4.69) is 9.97 Å². The first-order chi connectivity index (χ1) is 4.33. The van der Waals surface area contributed by atoms with Crippen molar-refractivity contribution >= 4 is 0 Å². The van der Waals surface area contributed by atoms with Crippen LogP contribution in [-0.2, 0) is 6.42 Å². The van der Waals surface area contributed by atoms with E-state index in [-0.39, 0.29) is 0 Å². The van der Waals surface area contributed by atoms with Gasteiger partial charge in [0.25, 0.3) is 0 Å². The van der Waals surface area contributed by atoms with Crippen LogP contribution in [0.3, 0.4) is 0 Å². The molecule has 0 atom stereocenters. The molecule has 0 aromatic carbocycles. The Labute approximate surface area is 50.0 Å². The molecule has 0 aliphatic carbocycles. The first kappa shape index (κ1) is 4.01. The van der Waals surface area contributed by atoms with E-state index in [9.17, 15) is 0 Å². The molecule has 0 radical (unpaired) electrons. The zero-order chi connectivity index (χ0) is 6.69. The topological polar surface area (TPSA) is 25.8 Å². The lowest BCUT2D eigenvalue weighted by atomic mass is 10.4. The zero-order valence-electron chi connectivity index (χ0n) is 5.76. The van der Waals surface area contributed by atoms with E-state index < -0.39 is 0 Å². The Balaban J connectivity index is 2.94. The smallest absolute Gasteiger partial charge is 0.127 e. The molecule has 0 unspecified atom stereocenters. The summed E-state index contributed by atoms with van der Waals surface area (Å²) in [5.74, 6) is 0.738. The third-order valence-electron chi connectivity index (χ3n) is 0.882. The molecule has 1 aromatic heterocycles. The summed E-state index contributed by atoms with van der Waals surface area (Å²) in [6, 6.07) is 1.57. The lowest BCUT2D eigenvalue weighted by Crippen LogP contribution is -1.87. The van der Waals surface area contributed by atoms with E-state index >= 15 is 0 Å². The van der Waals surface area contributed by atoms with Crippen molar-refractivity contribution in [1.29, 1.82) is 0 Å². The molecular formula is C6H8N2. The van der Waals surface area contributed by atoms with Crippen LogP contribution in [0.1, 0.15) is 14.1 Å². The van der Waals surface area contributed by atoms with Crippen LogP contribution in [-0.4, -0.2) is 9.97 Å². The molecule has 0 amide bonds. The van der Waals surface area contributed by atoms with Gasteiger partial charge in [-0.25, -0.2) is 9.97 Å². The summed E-state index contributed by atoms with van der Waals surface area (Å²) < 4.78 is 7.09. The highest BCUT2D eigenvalue weighted by Crippen LogP contribution is 1.85. The Morgan fingerprint density at radius 2 is 2.62 bits per heavy atom. The predicted octanol–water partition coefficient (Wildman–Crippen LogP) is 1.04. The van der Waals surface area contributed by atoms with Crippen LogP contribution in [0.25, 0.3) is 0 Å². The average molecular weight is 109 g/mol. The lowest BCUT2D eigenvalue weighted by molar-refractivity contribution is 0.939. The number of aromatic nitrogens is 2. The van der Waals surface area contributed by atoms with Gasteiger partial charge < -0.3 is 0 Å². The second-order valence-electron chi connectivity index (χ2n) is 1.46. The summed E-state index contributed by atoms with van der Waals surface area (Å²) in [5.41, 5.74) is 0. The van der Waals surface area contributed by atoms with Gasteiger partial charge >= 0.3 is 0 Å². The molecule has 2 nitrogen and oxygen atoms in total. The van der Waals surface area contributed by atoms with Crippen molar-refractivity contribution in [3.05, 3.63) is 24.3 Å². The number of rotatable bonds is 1. The van der Waals surface area contributed by atoms with Gasteiger partial charge in [0, 0.05) is 18.8 Å². The quantitative estimate of drug-likeness (QED) is 0.538. The third kappa shape index (κ3) is 1.03. The van der Waals surface area contributed by atoms with Gasteiger partial charge in [-0.05, 0) is 6.07 Å². The largest absolute Gasteiger partial charge is 0.241 e. The van der Waals surface area contributed by atoms with Gasteiger partial charge in [-0.3, -0.25) is 0 Å². The zero-order valence-corrected chi connectivity index (χ0v) is 4.76. The molecule has 0 fully saturated rings. The van der Waals surface area contributed by atoms with Gasteiger partial charge in [0.05, 0.1) is 1.37 Å². The van der Waals surface area contributed by atoms with Gasteiger partial charge in [-0.15, -0.1) is 0 Å². The van der Waals surface area contributed by atoms with Crippen molar-refractivity contribution in [3.63, 3.8) is 0 Å². The van der Waals surface area contributed by atoms with E-state index in [1.807, 2.05) is 6.92 Å². The van der Waals surface area contributed by atoms with Crippen molar-refractivity contribution < 1.29 is 1.37 Å². The predicted molar refractivity (Wildman–Crippen MR) is 31.4 cm³/mol. The summed E-state index contributed by atoms with van der Waals surface area (Å²) in [6.45, 7) is 1.97. The van der Waals surface area contributed by atoms with Crippen molar-refractivity contribution in [2.45, 2.75) is 13.3 Å². The monoisotopic (exact) mass is 109 g/mol. The third-order valence-corrected chi connectivity index (χ3v) is 0.882. The highest BCUT2D eigenvalue weighted by atomic mass is 14.8. The Hall–Kier alpha value is -0.920. The Morgan fingerprint density at radius 3 is 3.12 bits per heavy atom. The molecular weight excluding hydrogens is 100 g/mol. The Bertz CT molecular complexity index is 200. The fraction of sp³-hybridized carbons (Fsp3) is 0.333. The van der Waals surface area contributed by atoms with E-state index in [1.54, 1.807) is 12.3 Å². The molecule has 1 heterocycles. The fourth-order valence-corrected chi connectivity index (χ4v) is 0.468. The van der Waals surface area contributed by atoms with Crippen molar-refractivity contribution in [1.82, 2.24) is 9.97 Å². The van der Waals surface area contributed by atoms with E-state index in [0.717, 1.165) is 12.2 Å². The molecule has 42 valence electrons. The molecule has 2 heteroatoms. The van der Waals surface area contributed by atoms with Crippen molar-refractivity contribution in [2.24, 2.45) is 0 Å². The summed E-state index contributed by atoms with van der Waals surface area (Å²) >= 11 is 0. The van der Waals surface area contributed by atoms with Crippen LogP contribution in [0, 0.1) is 0 Å². The minimum Gasteiger partial charge on any atom is -0.241 e. The second-order valence-corrected chi connectivity index (χ2v) is 1.46. The molecule has 8 heavy (non-hydrogen) atoms. The number of nitrogens with zero attached hydrogens (tertiary/aromatic N) is 2. The molecule has 1 rings (SSSR count). The number of hydrogen-bond acceptors (Lipinski definition) is 2.